The first-order valence-corrected chi connectivity index (χ1v) is 11.1. The molecule has 4 nitrogen and oxygen atoms in total. The first-order chi connectivity index (χ1) is 14.7. The highest BCUT2D eigenvalue weighted by atomic mass is 35.5. The molecule has 2 aromatic heterocycles. The molecule has 2 heterocycles. The Kier molecular flexibility index (Phi) is 5.27. The predicted molar refractivity (Wildman–Crippen MR) is 120 cm³/mol. The number of nitrogens with one attached hydrogen (secondary N) is 1. The van der Waals surface area contributed by atoms with E-state index in [-0.39, 0.29) is 12.4 Å². The summed E-state index contributed by atoms with van der Waals surface area (Å²) in [4.78, 5) is 11.4. The van der Waals surface area contributed by atoms with Gasteiger partial charge in [0.15, 0.2) is 0 Å². The molecular formula is C23H19ClFN3OS. The maximum atomic E-state index is 13.3. The lowest BCUT2D eigenvalue weighted by Crippen LogP contribution is -2.01. The van der Waals surface area contributed by atoms with E-state index in [9.17, 15) is 4.39 Å². The van der Waals surface area contributed by atoms with Crippen molar-refractivity contribution in [3.63, 3.8) is 0 Å². The summed E-state index contributed by atoms with van der Waals surface area (Å²) in [5.74, 6) is 1.07. The van der Waals surface area contributed by atoms with Crippen molar-refractivity contribution in [1.82, 2.24) is 9.97 Å². The van der Waals surface area contributed by atoms with Gasteiger partial charge < -0.3 is 10.1 Å². The Labute approximate surface area is 182 Å². The SMILES string of the molecule is Fc1cccc(COc2ccc(Nc3ncnc4sc5c(c34)CCCC5)cc2Cl)c1. The summed E-state index contributed by atoms with van der Waals surface area (Å²) in [6.07, 6.45) is 6.24. The Hall–Kier alpha value is -2.70. The molecule has 0 unspecified atom stereocenters. The summed E-state index contributed by atoms with van der Waals surface area (Å²) in [5, 5.41) is 5.00. The molecule has 0 amide bonds. The average molecular weight is 440 g/mol. The number of aryl methyl sites for hydroxylation is 2. The highest BCUT2D eigenvalue weighted by Gasteiger charge is 2.20. The van der Waals surface area contributed by atoms with Gasteiger partial charge in [0.2, 0.25) is 0 Å². The molecule has 0 fully saturated rings. The van der Waals surface area contributed by atoms with Crippen molar-refractivity contribution in [2.45, 2.75) is 32.3 Å². The second-order valence-corrected chi connectivity index (χ2v) is 8.79. The molecule has 5 rings (SSSR count). The maximum absolute atomic E-state index is 13.3. The number of nitrogens with zero attached hydrogens (tertiary/aromatic N) is 2. The predicted octanol–water partition coefficient (Wildman–Crippen LogP) is 6.69. The normalized spacial score (nSPS) is 13.3. The monoisotopic (exact) mass is 439 g/mol. The molecule has 0 aliphatic heterocycles. The molecule has 1 N–H and O–H groups in total. The lowest BCUT2D eigenvalue weighted by molar-refractivity contribution is 0.306. The molecule has 0 saturated heterocycles. The van der Waals surface area contributed by atoms with Gasteiger partial charge in [-0.05, 0) is 67.1 Å². The van der Waals surface area contributed by atoms with Crippen LogP contribution in [-0.4, -0.2) is 9.97 Å². The largest absolute Gasteiger partial charge is 0.487 e. The summed E-state index contributed by atoms with van der Waals surface area (Å²) in [6, 6.07) is 11.9. The van der Waals surface area contributed by atoms with Crippen LogP contribution in [-0.2, 0) is 19.4 Å². The van der Waals surface area contributed by atoms with Crippen LogP contribution in [0.1, 0.15) is 28.8 Å². The molecule has 1 aliphatic carbocycles. The number of benzene rings is 2. The van der Waals surface area contributed by atoms with Gasteiger partial charge in [0, 0.05) is 10.6 Å². The third-order valence-corrected chi connectivity index (χ3v) is 6.72. The molecule has 2 aromatic carbocycles. The van der Waals surface area contributed by atoms with E-state index in [1.807, 2.05) is 24.3 Å². The van der Waals surface area contributed by atoms with Gasteiger partial charge in [-0.1, -0.05) is 23.7 Å². The van der Waals surface area contributed by atoms with Crippen molar-refractivity contribution in [1.29, 1.82) is 0 Å². The van der Waals surface area contributed by atoms with Crippen molar-refractivity contribution in [2.24, 2.45) is 0 Å². The van der Waals surface area contributed by atoms with E-state index in [4.69, 9.17) is 16.3 Å². The number of hydrogen-bond donors (Lipinski definition) is 1. The van der Waals surface area contributed by atoms with E-state index in [0.717, 1.165) is 40.1 Å². The summed E-state index contributed by atoms with van der Waals surface area (Å²) in [7, 11) is 0. The number of halogens is 2. The summed E-state index contributed by atoms with van der Waals surface area (Å²) >= 11 is 8.21. The number of thiophene rings is 1. The molecular weight excluding hydrogens is 421 g/mol. The summed E-state index contributed by atoms with van der Waals surface area (Å²) in [5.41, 5.74) is 2.96. The fraction of sp³-hybridized carbons (Fsp3) is 0.217. The van der Waals surface area contributed by atoms with Crippen LogP contribution in [0, 0.1) is 5.82 Å². The Morgan fingerprint density at radius 2 is 2.00 bits per heavy atom. The zero-order valence-electron chi connectivity index (χ0n) is 16.1. The fourth-order valence-corrected chi connectivity index (χ4v) is 5.27. The average Bonchev–Trinajstić information content (AvgIpc) is 3.13. The highest BCUT2D eigenvalue weighted by Crippen LogP contribution is 2.39. The van der Waals surface area contributed by atoms with Crippen LogP contribution in [0.2, 0.25) is 5.02 Å². The molecule has 1 aliphatic rings. The fourth-order valence-electron chi connectivity index (χ4n) is 3.81. The van der Waals surface area contributed by atoms with Gasteiger partial charge in [-0.2, -0.15) is 0 Å². The Morgan fingerprint density at radius 3 is 2.87 bits per heavy atom. The first kappa shape index (κ1) is 19.3. The van der Waals surface area contributed by atoms with E-state index in [1.165, 1.54) is 35.4 Å². The van der Waals surface area contributed by atoms with Gasteiger partial charge in [0.25, 0.3) is 0 Å². The molecule has 0 spiro atoms. The van der Waals surface area contributed by atoms with Crippen LogP contribution < -0.4 is 10.1 Å². The molecule has 0 saturated carbocycles. The lowest BCUT2D eigenvalue weighted by Gasteiger charge is -2.13. The van der Waals surface area contributed by atoms with Crippen LogP contribution in [0.4, 0.5) is 15.9 Å². The summed E-state index contributed by atoms with van der Waals surface area (Å²) in [6.45, 7) is 0.248. The molecule has 7 heteroatoms. The quantitative estimate of drug-likeness (QED) is 0.376. The molecule has 152 valence electrons. The van der Waals surface area contributed by atoms with Crippen LogP contribution in [0.5, 0.6) is 5.75 Å². The number of ether oxygens (including phenoxy) is 1. The molecule has 30 heavy (non-hydrogen) atoms. The van der Waals surface area contributed by atoms with Crippen LogP contribution in [0.3, 0.4) is 0 Å². The van der Waals surface area contributed by atoms with Crippen molar-refractivity contribution in [3.8, 4) is 5.75 Å². The minimum atomic E-state index is -0.284. The second-order valence-electron chi connectivity index (χ2n) is 7.30. The van der Waals surface area contributed by atoms with Gasteiger partial charge in [-0.15, -0.1) is 11.3 Å². The maximum Gasteiger partial charge on any atom is 0.142 e. The number of aromatic nitrogens is 2. The van der Waals surface area contributed by atoms with Gasteiger partial charge in [-0.3, -0.25) is 0 Å². The van der Waals surface area contributed by atoms with E-state index in [0.29, 0.717) is 10.8 Å². The van der Waals surface area contributed by atoms with Crippen LogP contribution in [0.25, 0.3) is 10.2 Å². The minimum absolute atomic E-state index is 0.248. The van der Waals surface area contributed by atoms with Crippen LogP contribution in [0.15, 0.2) is 48.8 Å². The third kappa shape index (κ3) is 3.85. The molecule has 0 radical (unpaired) electrons. The van der Waals surface area contributed by atoms with Gasteiger partial charge in [0.1, 0.15) is 35.1 Å². The number of rotatable bonds is 5. The second kappa shape index (κ2) is 8.20. The molecule has 0 bridgehead atoms. The van der Waals surface area contributed by atoms with E-state index in [2.05, 4.69) is 15.3 Å². The lowest BCUT2D eigenvalue weighted by atomic mass is 9.97. The Morgan fingerprint density at radius 1 is 1.10 bits per heavy atom. The first-order valence-electron chi connectivity index (χ1n) is 9.86. The van der Waals surface area contributed by atoms with E-state index in [1.54, 1.807) is 23.7 Å². The number of fused-ring (bicyclic) bond motifs is 3. The van der Waals surface area contributed by atoms with Gasteiger partial charge in [0.05, 0.1) is 10.4 Å². The third-order valence-electron chi connectivity index (χ3n) is 5.23. The van der Waals surface area contributed by atoms with Crippen molar-refractivity contribution in [2.75, 3.05) is 5.32 Å². The van der Waals surface area contributed by atoms with E-state index >= 15 is 0 Å². The smallest absolute Gasteiger partial charge is 0.142 e. The number of hydrogen-bond acceptors (Lipinski definition) is 5. The van der Waals surface area contributed by atoms with Crippen molar-refractivity contribution < 1.29 is 9.13 Å². The Balaban J connectivity index is 1.37. The summed E-state index contributed by atoms with van der Waals surface area (Å²) < 4.78 is 19.1. The Bertz CT molecular complexity index is 1230. The van der Waals surface area contributed by atoms with Gasteiger partial charge >= 0.3 is 0 Å². The van der Waals surface area contributed by atoms with Gasteiger partial charge in [-0.25, -0.2) is 14.4 Å². The molecule has 4 aromatic rings. The number of anilines is 2. The zero-order valence-corrected chi connectivity index (χ0v) is 17.7. The standard InChI is InChI=1S/C23H19ClFN3OS/c24-18-11-16(8-9-19(18)29-12-14-4-3-5-15(25)10-14)28-22-21-17-6-1-2-7-20(17)30-23(21)27-13-26-22/h3-5,8-11,13H,1-2,6-7,12H2,(H,26,27,28). The molecule has 0 atom stereocenters. The van der Waals surface area contributed by atoms with E-state index < -0.39 is 0 Å². The van der Waals surface area contributed by atoms with Crippen LogP contribution >= 0.6 is 22.9 Å². The minimum Gasteiger partial charge on any atom is -0.487 e. The van der Waals surface area contributed by atoms with Crippen molar-refractivity contribution in [3.05, 3.63) is 75.6 Å². The topological polar surface area (TPSA) is 47.0 Å². The highest BCUT2D eigenvalue weighted by molar-refractivity contribution is 7.19. The van der Waals surface area contributed by atoms with Crippen molar-refractivity contribution >= 4 is 44.7 Å². The zero-order chi connectivity index (χ0) is 20.5.